The van der Waals surface area contributed by atoms with Gasteiger partial charge < -0.3 is 36.4 Å². The Morgan fingerprint density at radius 1 is 1.09 bits per heavy atom. The van der Waals surface area contributed by atoms with Gasteiger partial charge >= 0.3 is 11.9 Å². The van der Waals surface area contributed by atoms with E-state index < -0.39 is 29.7 Å². The number of aliphatic hydroxyl groups is 2. The van der Waals surface area contributed by atoms with Crippen molar-refractivity contribution in [3.63, 3.8) is 0 Å². The summed E-state index contributed by atoms with van der Waals surface area (Å²) in [6, 6.07) is 6.86. The van der Waals surface area contributed by atoms with E-state index in [-0.39, 0.29) is 42.3 Å². The molecule has 4 bridgehead atoms. The molecule has 5 fully saturated rings. The molecule has 1 heterocycles. The van der Waals surface area contributed by atoms with Crippen molar-refractivity contribution in [2.45, 2.75) is 95.0 Å². The van der Waals surface area contributed by atoms with E-state index in [0.29, 0.717) is 60.1 Å². The van der Waals surface area contributed by atoms with E-state index in [9.17, 15) is 29.4 Å². The topological polar surface area (TPSA) is 194 Å². The highest BCUT2D eigenvalue weighted by Crippen LogP contribution is 2.55. The van der Waals surface area contributed by atoms with Crippen molar-refractivity contribution in [3.8, 4) is 0 Å². The number of nitrogens with zero attached hydrogens (tertiary/aromatic N) is 2. The minimum atomic E-state index is -1.26. The Labute approximate surface area is 280 Å². The number of para-hydroxylation sites is 1. The van der Waals surface area contributed by atoms with Crippen LogP contribution < -0.4 is 16.0 Å². The maximum atomic E-state index is 13.3. The van der Waals surface area contributed by atoms with Gasteiger partial charge in [-0.25, -0.2) is 9.59 Å². The molecule has 0 spiro atoms. The van der Waals surface area contributed by atoms with Gasteiger partial charge in [-0.15, -0.1) is 0 Å². The van der Waals surface area contributed by atoms with Crippen molar-refractivity contribution in [1.82, 2.24) is 10.2 Å². The quantitative estimate of drug-likeness (QED) is 0.190. The Morgan fingerprint density at radius 2 is 1.68 bits per heavy atom. The largest absolute Gasteiger partial charge is 0.478 e. The highest BCUT2D eigenvalue weighted by molar-refractivity contribution is 6.33. The number of hydrogen-bond donors (Lipinski definition) is 6. The molecule has 7 N–H and O–H groups in total. The van der Waals surface area contributed by atoms with Crippen LogP contribution in [0.2, 0.25) is 5.02 Å². The summed E-state index contributed by atoms with van der Waals surface area (Å²) in [5, 5.41) is 41.4. The lowest BCUT2D eigenvalue weighted by Crippen LogP contribution is -2.64. The summed E-state index contributed by atoms with van der Waals surface area (Å²) in [7, 11) is 0. The maximum Gasteiger partial charge on any atom is 0.328 e. The highest BCUT2D eigenvalue weighted by atomic mass is 35.5. The van der Waals surface area contributed by atoms with Crippen molar-refractivity contribution in [3.05, 3.63) is 41.4 Å². The van der Waals surface area contributed by atoms with Crippen LogP contribution >= 0.6 is 11.6 Å². The van der Waals surface area contributed by atoms with Gasteiger partial charge in [-0.2, -0.15) is 0 Å². The molecule has 1 saturated heterocycles. The summed E-state index contributed by atoms with van der Waals surface area (Å²) in [5.41, 5.74) is 6.28. The number of rotatable bonds is 11. The Morgan fingerprint density at radius 3 is 2.21 bits per heavy atom. The van der Waals surface area contributed by atoms with E-state index >= 15 is 0 Å². The van der Waals surface area contributed by atoms with Crippen LogP contribution in [0.1, 0.15) is 65.7 Å². The van der Waals surface area contributed by atoms with Gasteiger partial charge in [-0.3, -0.25) is 14.5 Å². The highest BCUT2D eigenvalue weighted by Gasteiger charge is 2.55. The zero-order chi connectivity index (χ0) is 34.7. The number of aliphatic carboxylic acids is 2. The molecule has 1 aromatic rings. The molecule has 47 heavy (non-hydrogen) atoms. The van der Waals surface area contributed by atoms with Crippen LogP contribution in [0.5, 0.6) is 0 Å². The van der Waals surface area contributed by atoms with Crippen molar-refractivity contribution < 1.29 is 39.6 Å². The molecule has 1 aliphatic heterocycles. The first kappa shape index (κ1) is 36.8. The van der Waals surface area contributed by atoms with Crippen LogP contribution in [0.4, 0.5) is 5.69 Å². The Balaban J connectivity index is 0.000000555. The first-order valence-electron chi connectivity index (χ1n) is 16.4. The van der Waals surface area contributed by atoms with E-state index in [0.717, 1.165) is 32.1 Å². The number of nitrogens with two attached hydrogens (primary N) is 1. The fraction of sp³-hybridized carbons (Fsp3) is 0.647. The second kappa shape index (κ2) is 15.0. The number of anilines is 1. The molecule has 8 atom stereocenters. The van der Waals surface area contributed by atoms with Crippen molar-refractivity contribution in [2.24, 2.45) is 29.4 Å². The fourth-order valence-electron chi connectivity index (χ4n) is 8.18. The maximum absolute atomic E-state index is 13.3. The van der Waals surface area contributed by atoms with Gasteiger partial charge in [0.2, 0.25) is 11.8 Å². The van der Waals surface area contributed by atoms with Crippen molar-refractivity contribution >= 4 is 41.0 Å². The Bertz CT molecular complexity index is 1320. The monoisotopic (exact) mass is 676 g/mol. The number of amides is 2. The predicted octanol–water partition coefficient (Wildman–Crippen LogP) is 2.64. The SMILES string of the molecule is CC[C@H](C[C@H](O)[C@@H](N)CN1CC(=O)N(c2ccccc2Cl)CC1(C)C)C(=O)NC1[C@@H]2CC3C[C@H]1CC(O)(C3)C2.O=C(O)/C=C/C(=O)O. The summed E-state index contributed by atoms with van der Waals surface area (Å²) in [4.78, 5) is 49.3. The van der Waals surface area contributed by atoms with Crippen molar-refractivity contribution in [2.75, 3.05) is 24.5 Å². The van der Waals surface area contributed by atoms with E-state index in [1.54, 1.807) is 11.0 Å². The van der Waals surface area contributed by atoms with Gasteiger partial charge in [0.1, 0.15) is 0 Å². The third kappa shape index (κ3) is 9.11. The normalized spacial score (nSPS) is 29.9. The van der Waals surface area contributed by atoms with Gasteiger partial charge in [-0.1, -0.05) is 30.7 Å². The molecule has 6 rings (SSSR count). The average Bonchev–Trinajstić information content (AvgIpc) is 2.98. The third-order valence-electron chi connectivity index (χ3n) is 10.4. The van der Waals surface area contributed by atoms with Crippen LogP contribution in [-0.2, 0) is 19.2 Å². The minimum Gasteiger partial charge on any atom is -0.478 e. The van der Waals surface area contributed by atoms with E-state index in [2.05, 4.69) is 19.2 Å². The molecule has 12 nitrogen and oxygen atoms in total. The number of carboxylic acid groups (broad SMARTS) is 2. The number of halogens is 1. The number of carbonyl (C=O) groups is 4. The molecule has 4 aliphatic carbocycles. The molecule has 3 unspecified atom stereocenters. The molecular weight excluding hydrogens is 628 g/mol. The summed E-state index contributed by atoms with van der Waals surface area (Å²) in [6.07, 6.45) is 5.81. The van der Waals surface area contributed by atoms with Crippen LogP contribution in [0.15, 0.2) is 36.4 Å². The van der Waals surface area contributed by atoms with Crippen LogP contribution in [0.3, 0.4) is 0 Å². The molecule has 0 aromatic heterocycles. The van der Waals surface area contributed by atoms with Gasteiger partial charge in [0.05, 0.1) is 29.0 Å². The lowest BCUT2D eigenvalue weighted by Gasteiger charge is -2.58. The van der Waals surface area contributed by atoms with Crippen LogP contribution in [-0.4, -0.2) is 98.0 Å². The summed E-state index contributed by atoms with van der Waals surface area (Å²) in [6.45, 7) is 7.07. The van der Waals surface area contributed by atoms with Gasteiger partial charge in [0, 0.05) is 48.8 Å². The fourth-order valence-corrected chi connectivity index (χ4v) is 8.42. The van der Waals surface area contributed by atoms with Crippen LogP contribution in [0.25, 0.3) is 0 Å². The van der Waals surface area contributed by atoms with Crippen LogP contribution in [0, 0.1) is 23.7 Å². The second-order valence-electron chi connectivity index (χ2n) is 14.4. The Hall–Kier alpha value is -3.03. The zero-order valence-corrected chi connectivity index (χ0v) is 28.1. The number of benzene rings is 1. The zero-order valence-electron chi connectivity index (χ0n) is 27.3. The average molecular weight is 677 g/mol. The number of piperazine rings is 1. The number of carboxylic acids is 2. The molecule has 13 heteroatoms. The first-order valence-corrected chi connectivity index (χ1v) is 16.8. The van der Waals surface area contributed by atoms with E-state index in [1.807, 2.05) is 30.0 Å². The molecule has 0 radical (unpaired) electrons. The summed E-state index contributed by atoms with van der Waals surface area (Å²) < 4.78 is 0. The molecule has 4 saturated carbocycles. The predicted molar refractivity (Wildman–Crippen MR) is 177 cm³/mol. The number of nitrogens with one attached hydrogen (secondary N) is 1. The Kier molecular flexibility index (Phi) is 11.8. The van der Waals surface area contributed by atoms with Gasteiger partial charge in [-0.05, 0) is 88.7 Å². The lowest BCUT2D eigenvalue weighted by atomic mass is 9.52. The third-order valence-corrected chi connectivity index (χ3v) is 10.7. The van der Waals surface area contributed by atoms with Gasteiger partial charge in [0.15, 0.2) is 0 Å². The molecule has 1 aromatic carbocycles. The smallest absolute Gasteiger partial charge is 0.328 e. The lowest BCUT2D eigenvalue weighted by molar-refractivity contribution is -0.148. The van der Waals surface area contributed by atoms with E-state index in [4.69, 9.17) is 27.5 Å². The van der Waals surface area contributed by atoms with Gasteiger partial charge in [0.25, 0.3) is 0 Å². The first-order chi connectivity index (χ1) is 22.0. The second-order valence-corrected chi connectivity index (χ2v) is 14.8. The summed E-state index contributed by atoms with van der Waals surface area (Å²) in [5.74, 6) is -1.64. The molecule has 2 amide bonds. The standard InChI is InChI=1S/C30H45ClN4O4.C4H4O4/c1-4-19(28(38)33-27-20-9-18-10-21(27)14-30(39,12-18)13-20)11-25(36)23(32)15-34-16-26(37)35(17-29(34,2)3)24-8-6-5-7-22(24)31;5-3(6)1-2-4(7)8/h5-8,18-21,23,25,27,36,39H,4,9-17,32H2,1-3H3,(H,33,38);1-2H,(H,5,6)(H,7,8)/b;2-1+/t18?,19-,20-,21+,23+,25+,27?,30?;/m1./s1. The van der Waals surface area contributed by atoms with Crippen molar-refractivity contribution in [1.29, 1.82) is 0 Å². The molecular formula is C34H49ClN4O8. The minimum absolute atomic E-state index is 0.0166. The number of aliphatic hydroxyl groups excluding tert-OH is 1. The molecule has 260 valence electrons. The number of carbonyl (C=O) groups excluding carboxylic acids is 2. The summed E-state index contributed by atoms with van der Waals surface area (Å²) >= 11 is 6.36. The van der Waals surface area contributed by atoms with E-state index in [1.165, 1.54) is 0 Å². The number of hydrogen-bond acceptors (Lipinski definition) is 8. The molecule has 5 aliphatic rings.